The zero-order valence-electron chi connectivity index (χ0n) is 3.19. The average Bonchev–Trinajstić information content (AvgIpc) is 1.65. The van der Waals surface area contributed by atoms with Gasteiger partial charge in [-0.25, -0.2) is 0 Å². The summed E-state index contributed by atoms with van der Waals surface area (Å²) in [6.07, 6.45) is 0. The molecule has 0 bridgehead atoms. The van der Waals surface area contributed by atoms with Crippen molar-refractivity contribution in [3.05, 3.63) is 0 Å². The van der Waals surface area contributed by atoms with Crippen LogP contribution in [0.2, 0.25) is 0 Å². The Morgan fingerprint density at radius 3 is 2.33 bits per heavy atom. The highest BCUT2D eigenvalue weighted by atomic mass is 127. The van der Waals surface area contributed by atoms with E-state index in [0.717, 1.165) is 5.75 Å². The number of thiol groups is 1. The molecule has 1 atom stereocenters. The van der Waals surface area contributed by atoms with E-state index in [1.165, 1.54) is 0 Å². The van der Waals surface area contributed by atoms with E-state index < -0.39 is 0 Å². The van der Waals surface area contributed by atoms with Crippen molar-refractivity contribution in [1.82, 2.24) is 0 Å². The molecule has 0 N–H and O–H groups in total. The molecule has 0 aromatic heterocycles. The van der Waals surface area contributed by atoms with E-state index in [-0.39, 0.29) is 0 Å². The van der Waals surface area contributed by atoms with Crippen LogP contribution in [0.25, 0.3) is 0 Å². The summed E-state index contributed by atoms with van der Waals surface area (Å²) in [5.41, 5.74) is 0. The van der Waals surface area contributed by atoms with Gasteiger partial charge in [-0.3, -0.25) is 0 Å². The Kier molecular flexibility index (Phi) is 5.56. The summed E-state index contributed by atoms with van der Waals surface area (Å²) in [7, 11) is 0. The first-order valence-corrected chi connectivity index (χ1v) is 4.03. The lowest BCUT2D eigenvalue weighted by Crippen LogP contribution is -1.98. The van der Waals surface area contributed by atoms with E-state index in [1.54, 1.807) is 0 Å². The van der Waals surface area contributed by atoms with Crippen molar-refractivity contribution in [3.8, 4) is 0 Å². The normalized spacial score (nSPS) is 14.5. The van der Waals surface area contributed by atoms with E-state index in [0.29, 0.717) is 9.80 Å². The molecular formula is C3H6ClIS. The van der Waals surface area contributed by atoms with Gasteiger partial charge in [-0.05, 0) is 0 Å². The molecule has 1 unspecified atom stereocenters. The molecule has 0 saturated carbocycles. The maximum absolute atomic E-state index is 5.40. The van der Waals surface area contributed by atoms with Gasteiger partial charge in [0.05, 0.1) is 0 Å². The van der Waals surface area contributed by atoms with Crippen LogP contribution in [0.4, 0.5) is 0 Å². The van der Waals surface area contributed by atoms with Gasteiger partial charge in [0.2, 0.25) is 0 Å². The minimum absolute atomic E-state index is 0.535. The summed E-state index contributed by atoms with van der Waals surface area (Å²) in [6.45, 7) is 0. The zero-order valence-corrected chi connectivity index (χ0v) is 7.00. The molecular weight excluding hydrogens is 230 g/mol. The predicted octanol–water partition coefficient (Wildman–Crippen LogP) is 1.96. The smallest absolute Gasteiger partial charge is 0.0349 e. The van der Waals surface area contributed by atoms with Crippen molar-refractivity contribution >= 4 is 46.8 Å². The summed E-state index contributed by atoms with van der Waals surface area (Å²) >= 11 is 11.7. The third-order valence-electron chi connectivity index (χ3n) is 0.366. The first kappa shape index (κ1) is 7.37. The van der Waals surface area contributed by atoms with Crippen LogP contribution in [0, 0.1) is 0 Å². The van der Waals surface area contributed by atoms with Crippen molar-refractivity contribution < 1.29 is 0 Å². The third-order valence-corrected chi connectivity index (χ3v) is 3.28. The molecule has 0 heterocycles. The number of hydrogen-bond acceptors (Lipinski definition) is 1. The highest BCUT2D eigenvalue weighted by molar-refractivity contribution is 14.1. The van der Waals surface area contributed by atoms with Crippen LogP contribution in [-0.2, 0) is 0 Å². The molecule has 0 aliphatic carbocycles. The number of hydrogen-bond donors (Lipinski definition) is 1. The van der Waals surface area contributed by atoms with Crippen molar-refractivity contribution in [1.29, 1.82) is 0 Å². The minimum atomic E-state index is 0.535. The monoisotopic (exact) mass is 236 g/mol. The van der Waals surface area contributed by atoms with Gasteiger partial charge in [0.1, 0.15) is 0 Å². The van der Waals surface area contributed by atoms with Crippen LogP contribution >= 0.6 is 46.8 Å². The first-order valence-electron chi connectivity index (χ1n) is 1.62. The molecule has 0 saturated heterocycles. The highest BCUT2D eigenvalue weighted by Gasteiger charge is 1.93. The second-order valence-electron chi connectivity index (χ2n) is 0.934. The predicted molar refractivity (Wildman–Crippen MR) is 42.4 cm³/mol. The standard InChI is InChI=1S/C3H6ClIS/c4-1-3(5)2-6/h3,6H,1-2H2. The van der Waals surface area contributed by atoms with Gasteiger partial charge in [-0.1, -0.05) is 22.6 Å². The molecule has 3 heteroatoms. The largest absolute Gasteiger partial charge is 0.178 e. The molecule has 0 aliphatic heterocycles. The topological polar surface area (TPSA) is 0 Å². The van der Waals surface area contributed by atoms with Gasteiger partial charge in [0.25, 0.3) is 0 Å². The SMILES string of the molecule is SCC(I)CCl. The van der Waals surface area contributed by atoms with E-state index in [1.807, 2.05) is 0 Å². The lowest BCUT2D eigenvalue weighted by Gasteiger charge is -1.94. The van der Waals surface area contributed by atoms with Gasteiger partial charge >= 0.3 is 0 Å². The summed E-state index contributed by atoms with van der Waals surface area (Å²) < 4.78 is 0.535. The van der Waals surface area contributed by atoms with Crippen LogP contribution in [0.15, 0.2) is 0 Å². The first-order chi connectivity index (χ1) is 2.81. The molecule has 0 spiro atoms. The van der Waals surface area contributed by atoms with Crippen LogP contribution in [-0.4, -0.2) is 15.6 Å². The van der Waals surface area contributed by atoms with Gasteiger partial charge in [-0.15, -0.1) is 11.6 Å². The Balaban J connectivity index is 2.75. The summed E-state index contributed by atoms with van der Waals surface area (Å²) in [4.78, 5) is 0. The minimum Gasteiger partial charge on any atom is -0.178 e. The van der Waals surface area contributed by atoms with Crippen molar-refractivity contribution in [2.45, 2.75) is 3.92 Å². The van der Waals surface area contributed by atoms with Crippen LogP contribution in [0.3, 0.4) is 0 Å². The summed E-state index contributed by atoms with van der Waals surface area (Å²) in [5, 5.41) is 0. The molecule has 0 rings (SSSR count). The molecule has 0 radical (unpaired) electrons. The number of halogens is 2. The highest BCUT2D eigenvalue weighted by Crippen LogP contribution is 2.02. The Hall–Kier alpha value is 1.37. The van der Waals surface area contributed by atoms with E-state index in [9.17, 15) is 0 Å². The van der Waals surface area contributed by atoms with E-state index in [2.05, 4.69) is 35.2 Å². The lowest BCUT2D eigenvalue weighted by atomic mass is 10.6. The molecule has 0 aromatic rings. The van der Waals surface area contributed by atoms with Crippen LogP contribution in [0.1, 0.15) is 0 Å². The molecule has 0 fully saturated rings. The van der Waals surface area contributed by atoms with E-state index >= 15 is 0 Å². The quantitative estimate of drug-likeness (QED) is 0.423. The van der Waals surface area contributed by atoms with E-state index in [4.69, 9.17) is 11.6 Å². The summed E-state index contributed by atoms with van der Waals surface area (Å²) in [6, 6.07) is 0. The Labute approximate surface area is 62.2 Å². The van der Waals surface area contributed by atoms with Gasteiger partial charge in [-0.2, -0.15) is 12.6 Å². The third kappa shape index (κ3) is 3.56. The molecule has 0 amide bonds. The van der Waals surface area contributed by atoms with Gasteiger partial charge in [0.15, 0.2) is 0 Å². The molecule has 6 heavy (non-hydrogen) atoms. The Morgan fingerprint density at radius 2 is 2.33 bits per heavy atom. The number of alkyl halides is 2. The van der Waals surface area contributed by atoms with Gasteiger partial charge in [0, 0.05) is 15.6 Å². The Bertz CT molecular complexity index is 30.0. The lowest BCUT2D eigenvalue weighted by molar-refractivity contribution is 1.20. The van der Waals surface area contributed by atoms with Crippen molar-refractivity contribution in [3.63, 3.8) is 0 Å². The van der Waals surface area contributed by atoms with Crippen LogP contribution in [0.5, 0.6) is 0 Å². The van der Waals surface area contributed by atoms with Gasteiger partial charge < -0.3 is 0 Å². The van der Waals surface area contributed by atoms with Crippen molar-refractivity contribution in [2.75, 3.05) is 11.6 Å². The maximum atomic E-state index is 5.40. The Morgan fingerprint density at radius 1 is 1.83 bits per heavy atom. The zero-order chi connectivity index (χ0) is 4.99. The number of rotatable bonds is 2. The fourth-order valence-electron chi connectivity index (χ4n) is 0.0488. The molecule has 0 nitrogen and oxygen atoms in total. The maximum Gasteiger partial charge on any atom is 0.0349 e. The molecule has 0 aliphatic rings. The second-order valence-corrected chi connectivity index (χ2v) is 3.37. The fraction of sp³-hybridized carbons (Fsp3) is 1.00. The average molecular weight is 237 g/mol. The molecule has 38 valence electrons. The second kappa shape index (κ2) is 4.53. The summed E-state index contributed by atoms with van der Waals surface area (Å²) in [5.74, 6) is 1.59. The fourth-order valence-corrected chi connectivity index (χ4v) is 0.439. The molecule has 0 aromatic carbocycles. The van der Waals surface area contributed by atoms with Crippen LogP contribution < -0.4 is 0 Å². The van der Waals surface area contributed by atoms with Crippen molar-refractivity contribution in [2.24, 2.45) is 0 Å².